The molecule has 18 heavy (non-hydrogen) atoms. The molecule has 0 saturated carbocycles. The van der Waals surface area contributed by atoms with Crippen LogP contribution >= 0.6 is 22.6 Å². The summed E-state index contributed by atoms with van der Waals surface area (Å²) in [5.74, 6) is -0.170. The van der Waals surface area contributed by atoms with Gasteiger partial charge in [0.15, 0.2) is 0 Å². The summed E-state index contributed by atoms with van der Waals surface area (Å²) in [4.78, 5) is 11.9. The first-order valence-corrected chi connectivity index (χ1v) is 7.25. The highest BCUT2D eigenvalue weighted by molar-refractivity contribution is 14.1. The van der Waals surface area contributed by atoms with E-state index < -0.39 is 0 Å². The first kappa shape index (κ1) is 13.6. The van der Waals surface area contributed by atoms with Crippen LogP contribution in [0.1, 0.15) is 29.6 Å². The van der Waals surface area contributed by atoms with Crippen molar-refractivity contribution in [1.82, 2.24) is 10.6 Å². The third kappa shape index (κ3) is 3.58. The number of carbonyl (C=O) groups is 1. The Morgan fingerprint density at radius 3 is 3.11 bits per heavy atom. The van der Waals surface area contributed by atoms with Crippen LogP contribution in [0.5, 0.6) is 5.75 Å². The monoisotopic (exact) mass is 360 g/mol. The molecule has 1 aromatic carbocycles. The summed E-state index contributed by atoms with van der Waals surface area (Å²) in [5, 5.41) is 15.9. The Bertz CT molecular complexity index is 431. The average Bonchev–Trinajstić information content (AvgIpc) is 2.85. The van der Waals surface area contributed by atoms with Gasteiger partial charge in [0.1, 0.15) is 5.75 Å². The maximum atomic E-state index is 11.9. The molecule has 0 bridgehead atoms. The van der Waals surface area contributed by atoms with Crippen LogP contribution in [-0.4, -0.2) is 30.1 Å². The van der Waals surface area contributed by atoms with Crippen LogP contribution in [-0.2, 0) is 0 Å². The van der Waals surface area contributed by atoms with Gasteiger partial charge in [0.05, 0.1) is 5.56 Å². The lowest BCUT2D eigenvalue weighted by molar-refractivity contribution is 0.0949. The average molecular weight is 360 g/mol. The van der Waals surface area contributed by atoms with E-state index in [4.69, 9.17) is 0 Å². The van der Waals surface area contributed by atoms with Gasteiger partial charge in [0.2, 0.25) is 0 Å². The Hall–Kier alpha value is -0.820. The molecule has 1 amide bonds. The van der Waals surface area contributed by atoms with Crippen molar-refractivity contribution < 1.29 is 9.90 Å². The van der Waals surface area contributed by atoms with Crippen LogP contribution in [0.2, 0.25) is 0 Å². The second kappa shape index (κ2) is 6.38. The number of nitrogens with one attached hydrogen (secondary N) is 2. The second-order valence-electron chi connectivity index (χ2n) is 4.50. The molecule has 4 nitrogen and oxygen atoms in total. The Morgan fingerprint density at radius 2 is 2.39 bits per heavy atom. The first-order valence-electron chi connectivity index (χ1n) is 6.17. The SMILES string of the molecule is O=C(NCC[C@@H]1CCCN1)c1cc(I)ccc1O. The van der Waals surface area contributed by atoms with E-state index in [2.05, 4.69) is 33.2 Å². The largest absolute Gasteiger partial charge is 0.507 e. The summed E-state index contributed by atoms with van der Waals surface area (Å²) < 4.78 is 0.938. The van der Waals surface area contributed by atoms with E-state index in [1.165, 1.54) is 12.8 Å². The fraction of sp³-hybridized carbons (Fsp3) is 0.462. The summed E-state index contributed by atoms with van der Waals surface area (Å²) >= 11 is 2.12. The number of amides is 1. The zero-order valence-corrected chi connectivity index (χ0v) is 12.2. The zero-order chi connectivity index (χ0) is 13.0. The van der Waals surface area contributed by atoms with Crippen molar-refractivity contribution in [2.45, 2.75) is 25.3 Å². The maximum Gasteiger partial charge on any atom is 0.255 e. The molecule has 1 aliphatic heterocycles. The highest BCUT2D eigenvalue weighted by atomic mass is 127. The third-order valence-electron chi connectivity index (χ3n) is 3.14. The fourth-order valence-electron chi connectivity index (χ4n) is 2.15. The van der Waals surface area contributed by atoms with E-state index in [0.717, 1.165) is 16.5 Å². The predicted octanol–water partition coefficient (Wildman–Crippen LogP) is 1.87. The Kier molecular flexibility index (Phi) is 4.82. The highest BCUT2D eigenvalue weighted by Gasteiger charge is 2.15. The summed E-state index contributed by atoms with van der Waals surface area (Å²) in [5.41, 5.74) is 0.348. The van der Waals surface area contributed by atoms with Crippen molar-refractivity contribution in [2.24, 2.45) is 0 Å². The molecular formula is C13H17IN2O2. The Balaban J connectivity index is 1.85. The Labute approximate surface area is 120 Å². The minimum absolute atomic E-state index is 0.0342. The number of halogens is 1. The first-order chi connectivity index (χ1) is 8.66. The van der Waals surface area contributed by atoms with Crippen LogP contribution in [0.15, 0.2) is 18.2 Å². The van der Waals surface area contributed by atoms with Gasteiger partial charge in [-0.3, -0.25) is 4.79 Å². The summed E-state index contributed by atoms with van der Waals surface area (Å²) in [6, 6.07) is 5.54. The number of benzene rings is 1. The van der Waals surface area contributed by atoms with Crippen molar-refractivity contribution in [3.63, 3.8) is 0 Å². The van der Waals surface area contributed by atoms with Crippen LogP contribution in [0.25, 0.3) is 0 Å². The molecule has 0 aliphatic carbocycles. The molecule has 1 heterocycles. The molecule has 98 valence electrons. The van der Waals surface area contributed by atoms with Gasteiger partial charge in [-0.25, -0.2) is 0 Å². The molecule has 0 spiro atoms. The van der Waals surface area contributed by atoms with Crippen LogP contribution < -0.4 is 10.6 Å². The Morgan fingerprint density at radius 1 is 1.56 bits per heavy atom. The number of carbonyl (C=O) groups excluding carboxylic acids is 1. The molecule has 1 atom stereocenters. The summed E-state index contributed by atoms with van der Waals surface area (Å²) in [6.07, 6.45) is 3.34. The number of hydrogen-bond acceptors (Lipinski definition) is 3. The number of phenolic OH excluding ortho intramolecular Hbond substituents is 1. The van der Waals surface area contributed by atoms with Crippen LogP contribution in [0, 0.1) is 3.57 Å². The lowest BCUT2D eigenvalue weighted by atomic mass is 10.1. The molecule has 1 aliphatic rings. The number of rotatable bonds is 4. The zero-order valence-electron chi connectivity index (χ0n) is 10.1. The lowest BCUT2D eigenvalue weighted by Gasteiger charge is -2.11. The molecule has 0 unspecified atom stereocenters. The molecule has 1 fully saturated rings. The topological polar surface area (TPSA) is 61.4 Å². The van der Waals surface area contributed by atoms with Crippen molar-refractivity contribution in [1.29, 1.82) is 0 Å². The van der Waals surface area contributed by atoms with Gasteiger partial charge >= 0.3 is 0 Å². The van der Waals surface area contributed by atoms with Gasteiger partial charge in [-0.1, -0.05) is 0 Å². The quantitative estimate of drug-likeness (QED) is 0.719. The molecule has 1 aromatic rings. The van der Waals surface area contributed by atoms with Crippen LogP contribution in [0.4, 0.5) is 0 Å². The molecule has 3 N–H and O–H groups in total. The van der Waals surface area contributed by atoms with E-state index in [9.17, 15) is 9.90 Å². The predicted molar refractivity (Wildman–Crippen MR) is 78.8 cm³/mol. The molecule has 1 saturated heterocycles. The molecule has 5 heteroatoms. The van der Waals surface area contributed by atoms with Gasteiger partial charge in [-0.15, -0.1) is 0 Å². The van der Waals surface area contributed by atoms with Crippen molar-refractivity contribution in [3.05, 3.63) is 27.3 Å². The van der Waals surface area contributed by atoms with Gasteiger partial charge in [0.25, 0.3) is 5.91 Å². The normalized spacial score (nSPS) is 18.8. The smallest absolute Gasteiger partial charge is 0.255 e. The molecule has 0 radical (unpaired) electrons. The molecular weight excluding hydrogens is 343 g/mol. The van der Waals surface area contributed by atoms with E-state index in [1.54, 1.807) is 18.2 Å². The maximum absolute atomic E-state index is 11.9. The van der Waals surface area contributed by atoms with Crippen molar-refractivity contribution in [2.75, 3.05) is 13.1 Å². The van der Waals surface area contributed by atoms with Crippen molar-refractivity contribution in [3.8, 4) is 5.75 Å². The molecule has 0 aromatic heterocycles. The van der Waals surface area contributed by atoms with E-state index in [-0.39, 0.29) is 11.7 Å². The van der Waals surface area contributed by atoms with E-state index in [1.807, 2.05) is 0 Å². The molecule has 2 rings (SSSR count). The van der Waals surface area contributed by atoms with E-state index in [0.29, 0.717) is 18.2 Å². The standard InChI is InChI=1S/C13H17IN2O2/c14-9-3-4-12(17)11(8-9)13(18)16-7-5-10-2-1-6-15-10/h3-4,8,10,15,17H,1-2,5-7H2,(H,16,18)/t10-/m0/s1. The van der Waals surface area contributed by atoms with Crippen molar-refractivity contribution >= 4 is 28.5 Å². The fourth-order valence-corrected chi connectivity index (χ4v) is 2.64. The third-order valence-corrected chi connectivity index (χ3v) is 3.81. The summed E-state index contributed by atoms with van der Waals surface area (Å²) in [6.45, 7) is 1.72. The van der Waals surface area contributed by atoms with Gasteiger partial charge < -0.3 is 15.7 Å². The summed E-state index contributed by atoms with van der Waals surface area (Å²) in [7, 11) is 0. The number of aromatic hydroxyl groups is 1. The van der Waals surface area contributed by atoms with Gasteiger partial charge in [-0.2, -0.15) is 0 Å². The van der Waals surface area contributed by atoms with E-state index >= 15 is 0 Å². The highest BCUT2D eigenvalue weighted by Crippen LogP contribution is 2.19. The lowest BCUT2D eigenvalue weighted by Crippen LogP contribution is -2.30. The van der Waals surface area contributed by atoms with Crippen LogP contribution in [0.3, 0.4) is 0 Å². The minimum Gasteiger partial charge on any atom is -0.507 e. The van der Waals surface area contributed by atoms with Gasteiger partial charge in [-0.05, 0) is 66.6 Å². The second-order valence-corrected chi connectivity index (χ2v) is 5.74. The number of hydrogen-bond donors (Lipinski definition) is 3. The minimum atomic E-state index is -0.205. The number of phenols is 1. The van der Waals surface area contributed by atoms with Gasteiger partial charge in [0, 0.05) is 16.2 Å².